The van der Waals surface area contributed by atoms with Gasteiger partial charge in [-0.1, -0.05) is 13.8 Å². The van der Waals surface area contributed by atoms with E-state index in [0.29, 0.717) is 22.5 Å². The Kier molecular flexibility index (Phi) is 3.10. The zero-order valence-corrected chi connectivity index (χ0v) is 13.6. The lowest BCUT2D eigenvalue weighted by atomic mass is 9.45. The summed E-state index contributed by atoms with van der Waals surface area (Å²) in [5, 5.41) is 10.0. The number of Topliss-reactive ketones (excluding diaryl/α,β-unsaturated/α-hetero) is 1. The maximum Gasteiger partial charge on any atom is 0.133 e. The topological polar surface area (TPSA) is 37.3 Å². The quantitative estimate of drug-likeness (QED) is 0.733. The maximum absolute atomic E-state index is 12.1. The number of hydrogen-bond donors (Lipinski definition) is 1. The van der Waals surface area contributed by atoms with Crippen molar-refractivity contribution in [2.45, 2.75) is 77.7 Å². The van der Waals surface area contributed by atoms with E-state index in [9.17, 15) is 9.90 Å². The fourth-order valence-corrected chi connectivity index (χ4v) is 7.01. The van der Waals surface area contributed by atoms with Crippen molar-refractivity contribution in [3.05, 3.63) is 0 Å². The molecule has 0 spiro atoms. The summed E-state index contributed by atoms with van der Waals surface area (Å²) in [6, 6.07) is 0. The van der Waals surface area contributed by atoms with Gasteiger partial charge in [-0.2, -0.15) is 0 Å². The number of carbonyl (C=O) groups is 1. The molecule has 4 aliphatic rings. The third-order valence-electron chi connectivity index (χ3n) is 8.20. The van der Waals surface area contributed by atoms with Gasteiger partial charge in [0.25, 0.3) is 0 Å². The minimum Gasteiger partial charge on any atom is -0.393 e. The second-order valence-corrected chi connectivity index (χ2v) is 9.20. The van der Waals surface area contributed by atoms with E-state index in [1.54, 1.807) is 0 Å². The summed E-state index contributed by atoms with van der Waals surface area (Å²) in [7, 11) is 0. The van der Waals surface area contributed by atoms with Crippen molar-refractivity contribution in [3.63, 3.8) is 0 Å². The molecule has 0 amide bonds. The number of aliphatic hydroxyl groups excluding tert-OH is 1. The average molecular weight is 290 g/mol. The molecule has 4 saturated carbocycles. The van der Waals surface area contributed by atoms with Crippen LogP contribution in [0.2, 0.25) is 0 Å². The molecule has 4 aliphatic carbocycles. The van der Waals surface area contributed by atoms with Gasteiger partial charge in [0.2, 0.25) is 0 Å². The lowest BCUT2D eigenvalue weighted by Gasteiger charge is -2.60. The number of hydrogen-bond acceptors (Lipinski definition) is 2. The van der Waals surface area contributed by atoms with E-state index in [-0.39, 0.29) is 6.10 Å². The van der Waals surface area contributed by atoms with E-state index in [1.165, 1.54) is 32.1 Å². The van der Waals surface area contributed by atoms with Crippen LogP contribution in [0.25, 0.3) is 0 Å². The van der Waals surface area contributed by atoms with Crippen LogP contribution >= 0.6 is 0 Å². The van der Waals surface area contributed by atoms with Gasteiger partial charge in [-0.15, -0.1) is 0 Å². The normalized spacial score (nSPS) is 56.5. The van der Waals surface area contributed by atoms with E-state index >= 15 is 0 Å². The average Bonchev–Trinajstić information content (AvgIpc) is 2.74. The summed E-state index contributed by atoms with van der Waals surface area (Å²) >= 11 is 0. The van der Waals surface area contributed by atoms with E-state index in [2.05, 4.69) is 13.8 Å². The monoisotopic (exact) mass is 290 g/mol. The van der Waals surface area contributed by atoms with Crippen LogP contribution in [0.1, 0.15) is 71.6 Å². The molecular weight excluding hydrogens is 260 g/mol. The first kappa shape index (κ1) is 14.2. The molecule has 0 saturated heterocycles. The van der Waals surface area contributed by atoms with Crippen LogP contribution in [-0.2, 0) is 4.79 Å². The molecule has 118 valence electrons. The molecule has 0 aromatic carbocycles. The van der Waals surface area contributed by atoms with Gasteiger partial charge >= 0.3 is 0 Å². The summed E-state index contributed by atoms with van der Waals surface area (Å²) in [5.41, 5.74) is 0.755. The Morgan fingerprint density at radius 2 is 1.86 bits per heavy atom. The lowest BCUT2D eigenvalue weighted by molar-refractivity contribution is -0.121. The molecule has 0 bridgehead atoms. The third-order valence-corrected chi connectivity index (χ3v) is 8.20. The van der Waals surface area contributed by atoms with E-state index < -0.39 is 0 Å². The molecule has 2 heteroatoms. The van der Waals surface area contributed by atoms with Gasteiger partial charge in [-0.25, -0.2) is 0 Å². The molecule has 0 aromatic rings. The second kappa shape index (κ2) is 4.57. The van der Waals surface area contributed by atoms with Crippen LogP contribution in [0.5, 0.6) is 0 Å². The molecular formula is C19H30O2. The molecule has 0 heterocycles. The van der Waals surface area contributed by atoms with Gasteiger partial charge < -0.3 is 5.11 Å². The number of fused-ring (bicyclic) bond motifs is 5. The first-order valence-corrected chi connectivity index (χ1v) is 9.12. The van der Waals surface area contributed by atoms with Gasteiger partial charge in [-0.3, -0.25) is 4.79 Å². The van der Waals surface area contributed by atoms with Gasteiger partial charge in [0.15, 0.2) is 0 Å². The minimum atomic E-state index is -0.0541. The Hall–Kier alpha value is -0.370. The highest BCUT2D eigenvalue weighted by Gasteiger charge is 2.59. The van der Waals surface area contributed by atoms with E-state index in [0.717, 1.165) is 43.4 Å². The number of rotatable bonds is 0. The summed E-state index contributed by atoms with van der Waals surface area (Å²) in [4.78, 5) is 12.1. The molecule has 1 N–H and O–H groups in total. The van der Waals surface area contributed by atoms with Gasteiger partial charge in [0, 0.05) is 12.8 Å². The number of carbonyl (C=O) groups excluding carboxylic acids is 1. The fraction of sp³-hybridized carbons (Fsp3) is 0.947. The van der Waals surface area contributed by atoms with Crippen molar-refractivity contribution < 1.29 is 9.90 Å². The molecule has 0 aliphatic heterocycles. The van der Waals surface area contributed by atoms with Gasteiger partial charge in [-0.05, 0) is 79.4 Å². The van der Waals surface area contributed by atoms with E-state index in [1.807, 2.05) is 0 Å². The molecule has 21 heavy (non-hydrogen) atoms. The number of aliphatic hydroxyl groups is 1. The van der Waals surface area contributed by atoms with Gasteiger partial charge in [0.1, 0.15) is 5.78 Å². The highest BCUT2D eigenvalue weighted by Crippen LogP contribution is 2.65. The van der Waals surface area contributed by atoms with Crippen LogP contribution < -0.4 is 0 Å². The highest BCUT2D eigenvalue weighted by molar-refractivity contribution is 5.82. The first-order valence-electron chi connectivity index (χ1n) is 9.12. The van der Waals surface area contributed by atoms with Crippen LogP contribution in [0.4, 0.5) is 0 Å². The molecule has 1 unspecified atom stereocenters. The molecule has 7 atom stereocenters. The summed E-state index contributed by atoms with van der Waals surface area (Å²) in [6.45, 7) is 4.90. The molecule has 4 fully saturated rings. The van der Waals surface area contributed by atoms with Gasteiger partial charge in [0.05, 0.1) is 6.10 Å². The van der Waals surface area contributed by atoms with Crippen LogP contribution in [0, 0.1) is 34.5 Å². The Balaban J connectivity index is 1.63. The van der Waals surface area contributed by atoms with E-state index in [4.69, 9.17) is 0 Å². The van der Waals surface area contributed by atoms with Crippen molar-refractivity contribution in [2.24, 2.45) is 34.5 Å². The Bertz CT molecular complexity index is 458. The first-order chi connectivity index (χ1) is 9.92. The summed E-state index contributed by atoms with van der Waals surface area (Å²) in [5.74, 6) is 3.51. The van der Waals surface area contributed by atoms with Crippen LogP contribution in [-0.4, -0.2) is 17.0 Å². The molecule has 0 radical (unpaired) electrons. The van der Waals surface area contributed by atoms with Crippen LogP contribution in [0.3, 0.4) is 0 Å². The fourth-order valence-electron chi connectivity index (χ4n) is 7.01. The highest BCUT2D eigenvalue weighted by atomic mass is 16.3. The van der Waals surface area contributed by atoms with Crippen molar-refractivity contribution in [1.82, 2.24) is 0 Å². The molecule has 0 aromatic heterocycles. The Morgan fingerprint density at radius 1 is 1.05 bits per heavy atom. The maximum atomic E-state index is 12.1. The SMILES string of the molecule is C[C@]12CC[C@H]3[C@@H](CC[C@H]4CC(O)CC[C@@]43C)[C@@H]1CC(=O)C2. The Labute approximate surface area is 128 Å². The largest absolute Gasteiger partial charge is 0.393 e. The lowest BCUT2D eigenvalue weighted by Crippen LogP contribution is -2.53. The van der Waals surface area contributed by atoms with Crippen molar-refractivity contribution in [1.29, 1.82) is 0 Å². The number of ketones is 1. The zero-order chi connectivity index (χ0) is 14.8. The third kappa shape index (κ3) is 1.97. The molecule has 4 rings (SSSR count). The van der Waals surface area contributed by atoms with Crippen molar-refractivity contribution in [3.8, 4) is 0 Å². The minimum absolute atomic E-state index is 0.0541. The predicted molar refractivity (Wildman–Crippen MR) is 82.7 cm³/mol. The Morgan fingerprint density at radius 3 is 2.67 bits per heavy atom. The van der Waals surface area contributed by atoms with Crippen LogP contribution in [0.15, 0.2) is 0 Å². The zero-order valence-electron chi connectivity index (χ0n) is 13.6. The predicted octanol–water partition coefficient (Wildman–Crippen LogP) is 3.96. The second-order valence-electron chi connectivity index (χ2n) is 9.20. The standard InChI is InChI=1S/C19H30O2/c1-18-7-6-16-15(17(18)10-14(21)11-18)4-3-12-9-13(20)5-8-19(12,16)2/h12-13,15-17,20H,3-11H2,1-2H3/t12-,13?,15+,16-,17-,18+,19-/m0/s1. The summed E-state index contributed by atoms with van der Waals surface area (Å²) in [6.07, 6.45) is 10.1. The molecule has 2 nitrogen and oxygen atoms in total. The smallest absolute Gasteiger partial charge is 0.133 e. The van der Waals surface area contributed by atoms with Crippen molar-refractivity contribution in [2.75, 3.05) is 0 Å². The summed E-state index contributed by atoms with van der Waals surface area (Å²) < 4.78 is 0. The van der Waals surface area contributed by atoms with Crippen molar-refractivity contribution >= 4 is 5.78 Å².